The summed E-state index contributed by atoms with van der Waals surface area (Å²) in [5.74, 6) is -0.559. The van der Waals surface area contributed by atoms with E-state index in [-0.39, 0.29) is 5.88 Å². The molecule has 0 fully saturated rings. The summed E-state index contributed by atoms with van der Waals surface area (Å²) in [4.78, 5) is 8.36. The average Bonchev–Trinajstić information content (AvgIpc) is 2.42. The Morgan fingerprint density at radius 2 is 2.31 bits per heavy atom. The molecule has 0 saturated heterocycles. The monoisotopic (exact) mass is 199 g/mol. The van der Waals surface area contributed by atoms with E-state index in [4.69, 9.17) is 10.5 Å². The highest BCUT2D eigenvalue weighted by Crippen LogP contribution is 2.26. The fourth-order valence-corrected chi connectivity index (χ4v) is 1.67. The van der Waals surface area contributed by atoms with Crippen LogP contribution >= 0.6 is 11.3 Å². The minimum atomic E-state index is -0.528. The van der Waals surface area contributed by atoms with Crippen LogP contribution in [-0.2, 0) is 0 Å². The Morgan fingerprint density at radius 1 is 1.54 bits per heavy atom. The summed E-state index contributed by atoms with van der Waals surface area (Å²) in [6.45, 7) is 0. The van der Waals surface area contributed by atoms with Crippen molar-refractivity contribution in [3.63, 3.8) is 0 Å². The SMILES string of the molecule is COc1nc2sc(N)nc2cc1F. The summed E-state index contributed by atoms with van der Waals surface area (Å²) < 4.78 is 17.8. The molecule has 0 atom stereocenters. The summed E-state index contributed by atoms with van der Waals surface area (Å²) in [6.07, 6.45) is 0. The number of pyridine rings is 1. The Bertz CT molecular complexity index is 456. The van der Waals surface area contributed by atoms with Gasteiger partial charge in [-0.1, -0.05) is 11.3 Å². The summed E-state index contributed by atoms with van der Waals surface area (Å²) >= 11 is 1.20. The number of nitrogen functional groups attached to an aromatic ring is 1. The molecule has 0 amide bonds. The molecule has 0 bridgehead atoms. The largest absolute Gasteiger partial charge is 0.479 e. The maximum atomic E-state index is 13.1. The van der Waals surface area contributed by atoms with Crippen molar-refractivity contribution in [1.82, 2.24) is 9.97 Å². The van der Waals surface area contributed by atoms with Crippen LogP contribution in [0.2, 0.25) is 0 Å². The smallest absolute Gasteiger partial charge is 0.251 e. The molecule has 2 heterocycles. The van der Waals surface area contributed by atoms with Gasteiger partial charge in [-0.15, -0.1) is 0 Å². The predicted molar refractivity (Wildman–Crippen MR) is 48.3 cm³/mol. The summed E-state index contributed by atoms with van der Waals surface area (Å²) in [5, 5.41) is 0.371. The molecular formula is C7H6FN3OS. The van der Waals surface area contributed by atoms with Gasteiger partial charge in [0.15, 0.2) is 10.9 Å². The Hall–Kier alpha value is -1.43. The molecule has 2 rings (SSSR count). The van der Waals surface area contributed by atoms with Gasteiger partial charge in [0.1, 0.15) is 10.3 Å². The van der Waals surface area contributed by atoms with Crippen molar-refractivity contribution >= 4 is 26.8 Å². The van der Waals surface area contributed by atoms with E-state index in [1.165, 1.54) is 24.5 Å². The van der Waals surface area contributed by atoms with Gasteiger partial charge in [0.25, 0.3) is 5.88 Å². The van der Waals surface area contributed by atoms with Crippen molar-refractivity contribution < 1.29 is 9.13 Å². The molecule has 0 aliphatic carbocycles. The number of hydrogen-bond donors (Lipinski definition) is 1. The van der Waals surface area contributed by atoms with E-state index in [9.17, 15) is 4.39 Å². The van der Waals surface area contributed by atoms with E-state index in [1.807, 2.05) is 0 Å². The van der Waals surface area contributed by atoms with Crippen molar-refractivity contribution in [2.24, 2.45) is 0 Å². The lowest BCUT2D eigenvalue weighted by Gasteiger charge is -1.98. The number of thiazole rings is 1. The second kappa shape index (κ2) is 2.81. The molecule has 68 valence electrons. The molecule has 2 N–H and O–H groups in total. The van der Waals surface area contributed by atoms with Crippen LogP contribution in [0.3, 0.4) is 0 Å². The molecule has 2 aromatic rings. The van der Waals surface area contributed by atoms with Crippen LogP contribution in [0.4, 0.5) is 9.52 Å². The van der Waals surface area contributed by atoms with Gasteiger partial charge in [-0.25, -0.2) is 9.37 Å². The average molecular weight is 199 g/mol. The van der Waals surface area contributed by atoms with Crippen molar-refractivity contribution in [2.45, 2.75) is 0 Å². The molecule has 0 unspecified atom stereocenters. The Balaban J connectivity index is 2.72. The van der Waals surface area contributed by atoms with Crippen LogP contribution < -0.4 is 10.5 Å². The van der Waals surface area contributed by atoms with Gasteiger partial charge in [-0.05, 0) is 0 Å². The molecule has 2 aromatic heterocycles. The Labute approximate surface area is 77.2 Å². The van der Waals surface area contributed by atoms with Crippen molar-refractivity contribution in [1.29, 1.82) is 0 Å². The zero-order valence-electron chi connectivity index (χ0n) is 6.74. The van der Waals surface area contributed by atoms with E-state index in [1.54, 1.807) is 0 Å². The zero-order chi connectivity index (χ0) is 9.42. The predicted octanol–water partition coefficient (Wildman–Crippen LogP) is 1.42. The third-order valence-corrected chi connectivity index (χ3v) is 2.31. The van der Waals surface area contributed by atoms with Gasteiger partial charge in [-0.3, -0.25) is 0 Å². The number of ether oxygens (including phenoxy) is 1. The van der Waals surface area contributed by atoms with E-state index < -0.39 is 5.82 Å². The van der Waals surface area contributed by atoms with Gasteiger partial charge in [0.05, 0.1) is 7.11 Å². The van der Waals surface area contributed by atoms with E-state index in [0.29, 0.717) is 15.5 Å². The molecule has 0 saturated carbocycles. The summed E-state index contributed by atoms with van der Waals surface area (Å²) in [6, 6.07) is 1.26. The van der Waals surface area contributed by atoms with Gasteiger partial charge >= 0.3 is 0 Å². The van der Waals surface area contributed by atoms with Gasteiger partial charge in [0.2, 0.25) is 0 Å². The molecule has 4 nitrogen and oxygen atoms in total. The highest BCUT2D eigenvalue weighted by molar-refractivity contribution is 7.21. The molecule has 13 heavy (non-hydrogen) atoms. The summed E-state index contributed by atoms with van der Waals surface area (Å²) in [5.41, 5.74) is 5.90. The minimum Gasteiger partial charge on any atom is -0.479 e. The fraction of sp³-hybridized carbons (Fsp3) is 0.143. The van der Waals surface area contributed by atoms with Crippen molar-refractivity contribution in [3.8, 4) is 5.88 Å². The maximum absolute atomic E-state index is 13.1. The second-order valence-electron chi connectivity index (χ2n) is 2.36. The van der Waals surface area contributed by atoms with Gasteiger partial charge in [-0.2, -0.15) is 4.98 Å². The molecule has 0 spiro atoms. The maximum Gasteiger partial charge on any atom is 0.251 e. The first-order chi connectivity index (χ1) is 6.20. The number of anilines is 1. The zero-order valence-corrected chi connectivity index (χ0v) is 7.56. The number of hydrogen-bond acceptors (Lipinski definition) is 5. The van der Waals surface area contributed by atoms with Crippen LogP contribution in [0.5, 0.6) is 5.88 Å². The lowest BCUT2D eigenvalue weighted by molar-refractivity contribution is 0.371. The van der Waals surface area contributed by atoms with Crippen LogP contribution in [0.1, 0.15) is 0 Å². The molecule has 0 aliphatic rings. The van der Waals surface area contributed by atoms with Crippen LogP contribution in [-0.4, -0.2) is 17.1 Å². The Kier molecular flexibility index (Phi) is 1.77. The fourth-order valence-electron chi connectivity index (χ4n) is 0.985. The summed E-state index contributed by atoms with van der Waals surface area (Å²) in [7, 11) is 1.36. The standard InChI is InChI=1S/C7H6FN3OS/c1-12-5-3(8)2-4-6(11-5)13-7(9)10-4/h2H,1H3,(H2,9,10). The van der Waals surface area contributed by atoms with Crippen LogP contribution in [0, 0.1) is 5.82 Å². The molecular weight excluding hydrogens is 193 g/mol. The quantitative estimate of drug-likeness (QED) is 0.754. The minimum absolute atomic E-state index is 0.0313. The molecule has 6 heteroatoms. The molecule has 0 radical (unpaired) electrons. The third-order valence-electron chi connectivity index (χ3n) is 1.52. The van der Waals surface area contributed by atoms with E-state index in [0.717, 1.165) is 0 Å². The number of methoxy groups -OCH3 is 1. The number of nitrogens with zero attached hydrogens (tertiary/aromatic N) is 2. The van der Waals surface area contributed by atoms with Gasteiger partial charge in [0, 0.05) is 6.07 Å². The van der Waals surface area contributed by atoms with Crippen LogP contribution in [0.25, 0.3) is 10.3 Å². The van der Waals surface area contributed by atoms with Crippen LogP contribution in [0.15, 0.2) is 6.07 Å². The molecule has 0 aliphatic heterocycles. The highest BCUT2D eigenvalue weighted by Gasteiger charge is 2.09. The van der Waals surface area contributed by atoms with Crippen molar-refractivity contribution in [2.75, 3.05) is 12.8 Å². The lowest BCUT2D eigenvalue weighted by Crippen LogP contribution is -1.91. The first kappa shape index (κ1) is 8.18. The number of halogens is 1. The van der Waals surface area contributed by atoms with Crippen molar-refractivity contribution in [3.05, 3.63) is 11.9 Å². The number of rotatable bonds is 1. The van der Waals surface area contributed by atoms with Gasteiger partial charge < -0.3 is 10.5 Å². The number of fused-ring (bicyclic) bond motifs is 1. The first-order valence-electron chi connectivity index (χ1n) is 3.47. The topological polar surface area (TPSA) is 61.0 Å². The third kappa shape index (κ3) is 1.29. The highest BCUT2D eigenvalue weighted by atomic mass is 32.1. The van der Waals surface area contributed by atoms with E-state index in [2.05, 4.69) is 9.97 Å². The van der Waals surface area contributed by atoms with E-state index >= 15 is 0 Å². The molecule has 0 aromatic carbocycles. The Morgan fingerprint density at radius 3 is 3.00 bits per heavy atom. The lowest BCUT2D eigenvalue weighted by atomic mass is 10.4. The first-order valence-corrected chi connectivity index (χ1v) is 4.29. The normalized spacial score (nSPS) is 10.6. The number of aromatic nitrogens is 2. The number of nitrogens with two attached hydrogens (primary N) is 1. The second-order valence-corrected chi connectivity index (χ2v) is 3.36.